The second-order valence-electron chi connectivity index (χ2n) is 9.78. The fraction of sp³-hybridized carbons (Fsp3) is 0.222. The van der Waals surface area contributed by atoms with E-state index in [4.69, 9.17) is 25.7 Å². The van der Waals surface area contributed by atoms with E-state index in [9.17, 15) is 18.4 Å². The van der Waals surface area contributed by atoms with Crippen molar-refractivity contribution in [2.24, 2.45) is 0 Å². The number of benzene rings is 2. The summed E-state index contributed by atoms with van der Waals surface area (Å²) in [5, 5.41) is 22.7. The van der Waals surface area contributed by atoms with Crippen LogP contribution in [0.5, 0.6) is 5.88 Å². The SMILES string of the molecule is Nc1nc2cc(-c3nn(CCCC(=O)NCCCOc4no[n+]([O-])c4S(=O)(=O)c4ccccc4)c4ncnc(N)c34)ccc2o1. The molecule has 0 fully saturated rings. The molecule has 0 atom stereocenters. The van der Waals surface area contributed by atoms with Gasteiger partial charge in [-0.2, -0.15) is 10.1 Å². The van der Waals surface area contributed by atoms with Gasteiger partial charge >= 0.3 is 10.9 Å². The highest BCUT2D eigenvalue weighted by Crippen LogP contribution is 2.32. The van der Waals surface area contributed by atoms with Crippen LogP contribution in [-0.4, -0.2) is 57.4 Å². The Kier molecular flexibility index (Phi) is 7.86. The Morgan fingerprint density at radius 2 is 1.93 bits per heavy atom. The van der Waals surface area contributed by atoms with Crippen LogP contribution in [0.3, 0.4) is 0 Å². The van der Waals surface area contributed by atoms with E-state index in [1.807, 2.05) is 6.07 Å². The highest BCUT2D eigenvalue weighted by molar-refractivity contribution is 7.91. The van der Waals surface area contributed by atoms with Gasteiger partial charge in [-0.25, -0.2) is 23.1 Å². The zero-order valence-corrected chi connectivity index (χ0v) is 24.3. The van der Waals surface area contributed by atoms with Crippen molar-refractivity contribution in [3.63, 3.8) is 0 Å². The minimum absolute atomic E-state index is 0.0278. The summed E-state index contributed by atoms with van der Waals surface area (Å²) in [5.74, 6) is -0.400. The molecule has 6 rings (SSSR count). The Balaban J connectivity index is 1.02. The first kappa shape index (κ1) is 29.3. The van der Waals surface area contributed by atoms with Gasteiger partial charge in [0.05, 0.1) is 22.0 Å². The van der Waals surface area contributed by atoms with Gasteiger partial charge in [-0.1, -0.05) is 18.2 Å². The number of hydrogen-bond donors (Lipinski definition) is 3. The third-order valence-corrected chi connectivity index (χ3v) is 8.47. The summed E-state index contributed by atoms with van der Waals surface area (Å²) in [6.45, 7) is 0.588. The number of amides is 1. The summed E-state index contributed by atoms with van der Waals surface area (Å²) in [5.41, 5.74) is 14.8. The number of ether oxygens (including phenoxy) is 1. The van der Waals surface area contributed by atoms with Gasteiger partial charge < -0.3 is 31.1 Å². The molecule has 0 aliphatic rings. The molecule has 18 heteroatoms. The second kappa shape index (κ2) is 12.1. The van der Waals surface area contributed by atoms with E-state index in [2.05, 4.69) is 30.1 Å². The molecule has 17 nitrogen and oxygen atoms in total. The van der Waals surface area contributed by atoms with Gasteiger partial charge in [-0.15, -0.1) is 0 Å². The average Bonchev–Trinajstić information content (AvgIpc) is 3.71. The molecule has 0 bridgehead atoms. The topological polar surface area (TPSA) is 247 Å². The average molecular weight is 635 g/mol. The number of hydrogen-bond acceptors (Lipinski definition) is 14. The largest absolute Gasteiger partial charge is 0.454 e. The van der Waals surface area contributed by atoms with E-state index in [-0.39, 0.29) is 47.1 Å². The molecule has 0 radical (unpaired) electrons. The first-order valence-electron chi connectivity index (χ1n) is 13.6. The van der Waals surface area contributed by atoms with E-state index in [1.165, 1.54) is 30.6 Å². The van der Waals surface area contributed by atoms with Crippen LogP contribution in [0.1, 0.15) is 19.3 Å². The number of nitrogens with two attached hydrogens (primary N) is 2. The number of carbonyl (C=O) groups excluding carboxylic acids is 1. The van der Waals surface area contributed by atoms with Crippen molar-refractivity contribution in [3.05, 3.63) is 60.1 Å². The first-order valence-corrected chi connectivity index (χ1v) is 15.1. The van der Waals surface area contributed by atoms with Crippen molar-refractivity contribution in [3.8, 4) is 17.1 Å². The van der Waals surface area contributed by atoms with Gasteiger partial charge in [-0.05, 0) is 48.1 Å². The molecule has 0 spiro atoms. The molecule has 45 heavy (non-hydrogen) atoms. The number of nitrogen functional groups attached to an aromatic ring is 2. The predicted molar refractivity (Wildman–Crippen MR) is 157 cm³/mol. The standard InChI is InChI=1S/C27H26N10O7S/c28-23-21-22(16-9-10-19-18(14-16)33-27(29)43-19)34-36(24(21)32-15-31-23)12-4-8-20(38)30-11-5-13-42-25-26(37(39)44-35-25)45(40,41)17-6-2-1-3-7-17/h1-3,6-7,9-10,14-15H,4-5,8,11-13H2,(H2,29,33)(H,30,38)(H2,28,31,32). The lowest BCUT2D eigenvalue weighted by Crippen LogP contribution is -2.31. The number of aryl methyl sites for hydroxylation is 1. The number of oxazole rings is 1. The number of nitrogens with zero attached hydrogens (tertiary/aromatic N) is 7. The molecule has 5 N–H and O–H groups in total. The van der Waals surface area contributed by atoms with Crippen LogP contribution in [0.15, 0.2) is 73.8 Å². The minimum atomic E-state index is -4.22. The Morgan fingerprint density at radius 3 is 2.76 bits per heavy atom. The molecule has 2 aromatic carbocycles. The van der Waals surface area contributed by atoms with Gasteiger partial charge in [0.2, 0.25) is 5.91 Å². The van der Waals surface area contributed by atoms with E-state index in [1.54, 1.807) is 22.9 Å². The molecule has 1 amide bonds. The van der Waals surface area contributed by atoms with Crippen LogP contribution in [0, 0.1) is 5.21 Å². The summed E-state index contributed by atoms with van der Waals surface area (Å²) >= 11 is 0. The Bertz CT molecular complexity index is 2110. The Labute approximate surface area is 254 Å². The highest BCUT2D eigenvalue weighted by atomic mass is 32.2. The Morgan fingerprint density at radius 1 is 1.11 bits per heavy atom. The summed E-state index contributed by atoms with van der Waals surface area (Å²) in [6.07, 6.45) is 2.31. The van der Waals surface area contributed by atoms with Gasteiger partial charge in [0, 0.05) is 25.1 Å². The molecule has 232 valence electrons. The van der Waals surface area contributed by atoms with Crippen LogP contribution in [0.2, 0.25) is 0 Å². The molecule has 0 unspecified atom stereocenters. The monoisotopic (exact) mass is 634 g/mol. The van der Waals surface area contributed by atoms with Crippen molar-refractivity contribution in [2.75, 3.05) is 24.6 Å². The number of aromatic nitrogens is 7. The van der Waals surface area contributed by atoms with Crippen molar-refractivity contribution in [1.82, 2.24) is 35.2 Å². The number of carbonyl (C=O) groups is 1. The lowest BCUT2D eigenvalue weighted by Gasteiger charge is -2.06. The van der Waals surface area contributed by atoms with Crippen LogP contribution in [0.4, 0.5) is 11.8 Å². The van der Waals surface area contributed by atoms with Gasteiger partial charge in [0.1, 0.15) is 23.4 Å². The number of nitrogens with one attached hydrogen (secondary N) is 1. The van der Waals surface area contributed by atoms with Crippen molar-refractivity contribution in [2.45, 2.75) is 35.7 Å². The molecular formula is C27H26N10O7S. The fourth-order valence-corrected chi connectivity index (χ4v) is 5.96. The molecule has 0 aliphatic heterocycles. The molecule has 4 aromatic heterocycles. The summed E-state index contributed by atoms with van der Waals surface area (Å²) in [7, 11) is -4.22. The number of fused-ring (bicyclic) bond motifs is 2. The molecule has 0 saturated heterocycles. The summed E-state index contributed by atoms with van der Waals surface area (Å²) in [4.78, 5) is 24.8. The maximum absolute atomic E-state index is 12.8. The van der Waals surface area contributed by atoms with Crippen molar-refractivity contribution in [1.29, 1.82) is 0 Å². The van der Waals surface area contributed by atoms with Crippen LogP contribution in [-0.2, 0) is 21.2 Å². The third kappa shape index (κ3) is 5.90. The molecule has 4 heterocycles. The maximum Gasteiger partial charge on any atom is 0.414 e. The lowest BCUT2D eigenvalue weighted by atomic mass is 10.1. The van der Waals surface area contributed by atoms with E-state index >= 15 is 0 Å². The first-order chi connectivity index (χ1) is 21.7. The smallest absolute Gasteiger partial charge is 0.414 e. The van der Waals surface area contributed by atoms with Gasteiger partial charge in [0.15, 0.2) is 11.2 Å². The molecular weight excluding hydrogens is 608 g/mol. The fourth-order valence-electron chi connectivity index (χ4n) is 4.67. The quantitative estimate of drug-likeness (QED) is 0.128. The Hall–Kier alpha value is -5.78. The van der Waals surface area contributed by atoms with Crippen molar-refractivity contribution >= 4 is 49.7 Å². The number of anilines is 2. The van der Waals surface area contributed by atoms with Gasteiger partial charge in [0.25, 0.3) is 15.9 Å². The molecule has 6 aromatic rings. The van der Waals surface area contributed by atoms with E-state index in [0.29, 0.717) is 47.2 Å². The number of sulfone groups is 1. The summed E-state index contributed by atoms with van der Waals surface area (Å²) < 4.78 is 42.6. The highest BCUT2D eigenvalue weighted by Gasteiger charge is 2.35. The summed E-state index contributed by atoms with van der Waals surface area (Å²) in [6, 6.07) is 12.8. The normalized spacial score (nSPS) is 11.7. The predicted octanol–water partition coefficient (Wildman–Crippen LogP) is 1.62. The zero-order chi connectivity index (χ0) is 31.6. The van der Waals surface area contributed by atoms with Crippen molar-refractivity contribution < 1.29 is 31.9 Å². The van der Waals surface area contributed by atoms with Crippen LogP contribution < -0.4 is 26.4 Å². The second-order valence-corrected chi connectivity index (χ2v) is 11.6. The minimum Gasteiger partial charge on any atom is -0.454 e. The third-order valence-electron chi connectivity index (χ3n) is 6.75. The molecule has 0 saturated carbocycles. The zero-order valence-electron chi connectivity index (χ0n) is 23.5. The lowest BCUT2D eigenvalue weighted by molar-refractivity contribution is -0.832. The van der Waals surface area contributed by atoms with Crippen LogP contribution >= 0.6 is 0 Å². The van der Waals surface area contributed by atoms with E-state index in [0.717, 1.165) is 5.56 Å². The number of rotatable bonds is 12. The van der Waals surface area contributed by atoms with Crippen LogP contribution in [0.25, 0.3) is 33.4 Å². The molecule has 0 aliphatic carbocycles. The van der Waals surface area contributed by atoms with Gasteiger partial charge in [-0.3, -0.25) is 9.42 Å². The maximum atomic E-state index is 12.8. The van der Waals surface area contributed by atoms with E-state index < -0.39 is 20.7 Å².